The molecule has 154 valence electrons. The Labute approximate surface area is 179 Å². The van der Waals surface area contributed by atoms with Crippen LogP contribution in [-0.4, -0.2) is 24.0 Å². The number of rotatable bonds is 5. The van der Waals surface area contributed by atoms with E-state index in [2.05, 4.69) is 10.3 Å². The number of nitrogens with one attached hydrogen (secondary N) is 1. The molecule has 0 atom stereocenters. The van der Waals surface area contributed by atoms with Gasteiger partial charge in [-0.1, -0.05) is 35.9 Å². The van der Waals surface area contributed by atoms with Crippen molar-refractivity contribution in [1.82, 2.24) is 4.98 Å². The summed E-state index contributed by atoms with van der Waals surface area (Å²) < 4.78 is 10.8. The molecule has 0 bridgehead atoms. The summed E-state index contributed by atoms with van der Waals surface area (Å²) in [5.41, 5.74) is 2.82. The van der Waals surface area contributed by atoms with Gasteiger partial charge >= 0.3 is 5.97 Å². The molecule has 0 unspecified atom stereocenters. The Morgan fingerprint density at radius 1 is 0.935 bits per heavy atom. The summed E-state index contributed by atoms with van der Waals surface area (Å²) in [7, 11) is 1.50. The Kier molecular flexibility index (Phi) is 5.62. The first kappa shape index (κ1) is 20.1. The lowest BCUT2D eigenvalue weighted by molar-refractivity contribution is 0.0732. The smallest absolute Gasteiger partial charge is 0.343 e. The number of methoxy groups -OCH3 is 1. The molecule has 6 heteroatoms. The molecule has 0 spiro atoms. The third kappa shape index (κ3) is 4.38. The Balaban J connectivity index is 1.65. The van der Waals surface area contributed by atoms with Crippen molar-refractivity contribution in [2.24, 2.45) is 0 Å². The lowest BCUT2D eigenvalue weighted by atomic mass is 10.1. The van der Waals surface area contributed by atoms with E-state index in [0.717, 1.165) is 10.9 Å². The standard InChI is InChI=1S/C25H20N2O4/c1-16-8-10-18(11-9-16)25(29)31-22-13-12-19(30-2)15-20(22)24(28)27-21-7-3-5-17-6-4-14-26-23(17)21/h3-15H,1-2H3,(H,27,28). The Hall–Kier alpha value is -4.19. The van der Waals surface area contributed by atoms with E-state index in [0.29, 0.717) is 22.5 Å². The molecule has 31 heavy (non-hydrogen) atoms. The van der Waals surface area contributed by atoms with Crippen molar-refractivity contribution in [3.8, 4) is 11.5 Å². The van der Waals surface area contributed by atoms with Gasteiger partial charge in [0.2, 0.25) is 0 Å². The topological polar surface area (TPSA) is 77.5 Å². The van der Waals surface area contributed by atoms with Gasteiger partial charge in [-0.3, -0.25) is 9.78 Å². The summed E-state index contributed by atoms with van der Waals surface area (Å²) in [4.78, 5) is 30.1. The second-order valence-corrected chi connectivity index (χ2v) is 6.95. The Morgan fingerprint density at radius 2 is 1.71 bits per heavy atom. The number of nitrogens with zero attached hydrogens (tertiary/aromatic N) is 1. The van der Waals surface area contributed by atoms with Crippen molar-refractivity contribution in [2.75, 3.05) is 12.4 Å². The van der Waals surface area contributed by atoms with E-state index >= 15 is 0 Å². The number of fused-ring (bicyclic) bond motifs is 1. The van der Waals surface area contributed by atoms with Crippen LogP contribution in [0.4, 0.5) is 5.69 Å². The van der Waals surface area contributed by atoms with E-state index in [4.69, 9.17) is 9.47 Å². The van der Waals surface area contributed by atoms with Crippen LogP contribution in [0.25, 0.3) is 10.9 Å². The molecular formula is C25H20N2O4. The number of anilines is 1. The molecule has 1 amide bonds. The average Bonchev–Trinajstić information content (AvgIpc) is 2.80. The first-order valence-corrected chi connectivity index (χ1v) is 9.67. The minimum absolute atomic E-state index is 0.136. The van der Waals surface area contributed by atoms with Crippen LogP contribution in [0, 0.1) is 6.92 Å². The zero-order chi connectivity index (χ0) is 21.8. The van der Waals surface area contributed by atoms with Gasteiger partial charge in [-0.05, 0) is 49.4 Å². The van der Waals surface area contributed by atoms with E-state index in [1.165, 1.54) is 13.2 Å². The fraction of sp³-hybridized carbons (Fsp3) is 0.0800. The predicted molar refractivity (Wildman–Crippen MR) is 119 cm³/mol. The maximum Gasteiger partial charge on any atom is 0.343 e. The van der Waals surface area contributed by atoms with Crippen molar-refractivity contribution >= 4 is 28.5 Å². The van der Waals surface area contributed by atoms with Crippen LogP contribution in [0.1, 0.15) is 26.3 Å². The fourth-order valence-corrected chi connectivity index (χ4v) is 3.15. The number of pyridine rings is 1. The molecule has 3 aromatic carbocycles. The van der Waals surface area contributed by atoms with Gasteiger partial charge in [0.1, 0.15) is 11.5 Å². The van der Waals surface area contributed by atoms with Crippen molar-refractivity contribution in [3.05, 3.63) is 95.7 Å². The number of aryl methyl sites for hydroxylation is 1. The van der Waals surface area contributed by atoms with Crippen LogP contribution in [0.5, 0.6) is 11.5 Å². The lowest BCUT2D eigenvalue weighted by Crippen LogP contribution is -2.16. The highest BCUT2D eigenvalue weighted by atomic mass is 16.5. The largest absolute Gasteiger partial charge is 0.497 e. The number of ether oxygens (including phenoxy) is 2. The van der Waals surface area contributed by atoms with Crippen LogP contribution >= 0.6 is 0 Å². The molecule has 0 saturated carbocycles. The van der Waals surface area contributed by atoms with Gasteiger partial charge in [0.25, 0.3) is 5.91 Å². The fourth-order valence-electron chi connectivity index (χ4n) is 3.15. The predicted octanol–water partition coefficient (Wildman–Crippen LogP) is 5.02. The molecule has 4 aromatic rings. The maximum absolute atomic E-state index is 13.1. The zero-order valence-electron chi connectivity index (χ0n) is 17.1. The highest BCUT2D eigenvalue weighted by Crippen LogP contribution is 2.28. The molecule has 0 aliphatic carbocycles. The molecule has 6 nitrogen and oxygen atoms in total. The van der Waals surface area contributed by atoms with Crippen LogP contribution in [0.2, 0.25) is 0 Å². The molecule has 0 radical (unpaired) electrons. The van der Waals surface area contributed by atoms with Gasteiger partial charge in [-0.2, -0.15) is 0 Å². The Morgan fingerprint density at radius 3 is 2.48 bits per heavy atom. The van der Waals surface area contributed by atoms with E-state index in [1.54, 1.807) is 36.5 Å². The van der Waals surface area contributed by atoms with Crippen LogP contribution < -0.4 is 14.8 Å². The molecule has 1 heterocycles. The Bertz CT molecular complexity index is 1260. The molecule has 0 fully saturated rings. The van der Waals surface area contributed by atoms with Crippen molar-refractivity contribution in [3.63, 3.8) is 0 Å². The first-order valence-electron chi connectivity index (χ1n) is 9.67. The summed E-state index contributed by atoms with van der Waals surface area (Å²) >= 11 is 0. The number of carbonyl (C=O) groups is 2. The number of benzene rings is 3. The third-order valence-electron chi connectivity index (χ3n) is 4.80. The van der Waals surface area contributed by atoms with Crippen LogP contribution in [0.3, 0.4) is 0 Å². The highest BCUT2D eigenvalue weighted by Gasteiger charge is 2.19. The van der Waals surface area contributed by atoms with Crippen molar-refractivity contribution < 1.29 is 19.1 Å². The monoisotopic (exact) mass is 412 g/mol. The summed E-state index contributed by atoms with van der Waals surface area (Å²) in [5, 5.41) is 3.77. The highest BCUT2D eigenvalue weighted by molar-refractivity contribution is 6.10. The zero-order valence-corrected chi connectivity index (χ0v) is 17.1. The van der Waals surface area contributed by atoms with Gasteiger partial charge in [0.05, 0.1) is 29.4 Å². The SMILES string of the molecule is COc1ccc(OC(=O)c2ccc(C)cc2)c(C(=O)Nc2cccc3cccnc23)c1. The first-order chi connectivity index (χ1) is 15.0. The minimum atomic E-state index is -0.550. The quantitative estimate of drug-likeness (QED) is 0.368. The van der Waals surface area contributed by atoms with Gasteiger partial charge in [0.15, 0.2) is 0 Å². The molecule has 1 aromatic heterocycles. The van der Waals surface area contributed by atoms with Gasteiger partial charge in [-0.25, -0.2) is 4.79 Å². The molecule has 0 aliphatic rings. The molecule has 0 aliphatic heterocycles. The summed E-state index contributed by atoms with van der Waals surface area (Å²) in [5.74, 6) is -0.386. The number of amides is 1. The van der Waals surface area contributed by atoms with Gasteiger partial charge in [-0.15, -0.1) is 0 Å². The molecular weight excluding hydrogens is 392 g/mol. The number of hydrogen-bond donors (Lipinski definition) is 1. The number of hydrogen-bond acceptors (Lipinski definition) is 5. The number of para-hydroxylation sites is 1. The van der Waals surface area contributed by atoms with E-state index in [1.807, 2.05) is 43.3 Å². The van der Waals surface area contributed by atoms with Crippen LogP contribution in [-0.2, 0) is 0 Å². The van der Waals surface area contributed by atoms with E-state index < -0.39 is 11.9 Å². The van der Waals surface area contributed by atoms with Gasteiger partial charge in [0, 0.05) is 11.6 Å². The number of esters is 1. The normalized spacial score (nSPS) is 10.5. The second-order valence-electron chi connectivity index (χ2n) is 6.95. The summed E-state index contributed by atoms with van der Waals surface area (Å²) in [6, 6.07) is 21.0. The maximum atomic E-state index is 13.1. The average molecular weight is 412 g/mol. The van der Waals surface area contributed by atoms with Crippen molar-refractivity contribution in [1.29, 1.82) is 0 Å². The molecule has 1 N–H and O–H groups in total. The summed E-state index contributed by atoms with van der Waals surface area (Å²) in [6.07, 6.45) is 1.66. The molecule has 4 rings (SSSR count). The molecule has 0 saturated heterocycles. The van der Waals surface area contributed by atoms with Crippen LogP contribution in [0.15, 0.2) is 79.0 Å². The third-order valence-corrected chi connectivity index (χ3v) is 4.80. The minimum Gasteiger partial charge on any atom is -0.497 e. The van der Waals surface area contributed by atoms with Gasteiger partial charge < -0.3 is 14.8 Å². The number of aromatic nitrogens is 1. The lowest BCUT2D eigenvalue weighted by Gasteiger charge is -2.13. The van der Waals surface area contributed by atoms with E-state index in [9.17, 15) is 9.59 Å². The second kappa shape index (κ2) is 8.67. The summed E-state index contributed by atoms with van der Waals surface area (Å²) in [6.45, 7) is 1.93. The van der Waals surface area contributed by atoms with E-state index in [-0.39, 0.29) is 11.3 Å². The number of carbonyl (C=O) groups excluding carboxylic acids is 2. The van der Waals surface area contributed by atoms with Crippen molar-refractivity contribution in [2.45, 2.75) is 6.92 Å².